The van der Waals surface area contributed by atoms with Crippen LogP contribution in [0.2, 0.25) is 0 Å². The first-order valence-electron chi connectivity index (χ1n) is 8.49. The number of nitrogens with zero attached hydrogens (tertiary/aromatic N) is 2. The molecule has 0 aromatic heterocycles. The number of hydrogen-bond acceptors (Lipinski definition) is 6. The quantitative estimate of drug-likeness (QED) is 0.479. The minimum absolute atomic E-state index is 0.0503. The zero-order chi connectivity index (χ0) is 18.9. The van der Waals surface area contributed by atoms with Crippen LogP contribution in [-0.2, 0) is 19.1 Å². The fraction of sp³-hybridized carbons (Fsp3) is 0.556. The summed E-state index contributed by atoms with van der Waals surface area (Å²) < 4.78 is 22.9. The number of hydrogen-bond donors (Lipinski definition) is 0. The Hall–Kier alpha value is -1.64. The van der Waals surface area contributed by atoms with Gasteiger partial charge >= 0.3 is 5.97 Å². The number of thioether (sulfide) groups is 1. The van der Waals surface area contributed by atoms with Gasteiger partial charge < -0.3 is 14.4 Å². The molecule has 0 unspecified atom stereocenters. The van der Waals surface area contributed by atoms with Crippen molar-refractivity contribution in [2.24, 2.45) is 0 Å². The highest BCUT2D eigenvalue weighted by Crippen LogP contribution is 2.37. The first kappa shape index (κ1) is 20.7. The number of methoxy groups -OCH3 is 2. The van der Waals surface area contributed by atoms with Crippen molar-refractivity contribution in [3.8, 4) is 0 Å². The van der Waals surface area contributed by atoms with Crippen molar-refractivity contribution in [3.63, 3.8) is 0 Å². The predicted octanol–water partition coefficient (Wildman–Crippen LogP) is 1.91. The maximum Gasteiger partial charge on any atom is 0.319 e. The summed E-state index contributed by atoms with van der Waals surface area (Å²) in [5.41, 5.74) is 0.904. The molecule has 1 aromatic carbocycles. The third-order valence-electron chi connectivity index (χ3n) is 4.13. The van der Waals surface area contributed by atoms with Gasteiger partial charge in [0, 0.05) is 32.6 Å². The molecule has 144 valence electrons. The van der Waals surface area contributed by atoms with Crippen LogP contribution < -0.4 is 0 Å². The summed E-state index contributed by atoms with van der Waals surface area (Å²) in [6.45, 7) is 1.96. The highest BCUT2D eigenvalue weighted by atomic mass is 32.2. The molecule has 6 nitrogen and oxygen atoms in total. The van der Waals surface area contributed by atoms with Crippen LogP contribution in [-0.4, -0.2) is 74.4 Å². The van der Waals surface area contributed by atoms with Crippen LogP contribution in [0.3, 0.4) is 0 Å². The van der Waals surface area contributed by atoms with Crippen LogP contribution in [0.1, 0.15) is 17.4 Å². The minimum atomic E-state index is -0.374. The zero-order valence-corrected chi connectivity index (χ0v) is 16.0. The average Bonchev–Trinajstić information content (AvgIpc) is 3.12. The molecule has 1 heterocycles. The van der Waals surface area contributed by atoms with Crippen LogP contribution in [0, 0.1) is 5.82 Å². The minimum Gasteiger partial charge on any atom is -0.468 e. The van der Waals surface area contributed by atoms with E-state index in [0.717, 1.165) is 17.7 Å². The van der Waals surface area contributed by atoms with Crippen LogP contribution in [0.15, 0.2) is 24.3 Å². The van der Waals surface area contributed by atoms with Crippen LogP contribution >= 0.6 is 11.8 Å². The molecule has 1 amide bonds. The highest BCUT2D eigenvalue weighted by Gasteiger charge is 2.31. The molecule has 1 aliphatic heterocycles. The molecule has 0 saturated carbocycles. The number of esters is 1. The molecular formula is C18H25FN2O4S. The van der Waals surface area contributed by atoms with Gasteiger partial charge in [-0.05, 0) is 24.1 Å². The van der Waals surface area contributed by atoms with Crippen molar-refractivity contribution in [2.75, 3.05) is 52.8 Å². The first-order chi connectivity index (χ1) is 12.5. The van der Waals surface area contributed by atoms with E-state index in [1.807, 2.05) is 0 Å². The fourth-order valence-corrected chi connectivity index (χ4v) is 4.08. The molecule has 8 heteroatoms. The van der Waals surface area contributed by atoms with Gasteiger partial charge in [-0.2, -0.15) is 0 Å². The summed E-state index contributed by atoms with van der Waals surface area (Å²) in [7, 11) is 2.95. The van der Waals surface area contributed by atoms with Crippen molar-refractivity contribution in [1.29, 1.82) is 0 Å². The van der Waals surface area contributed by atoms with Gasteiger partial charge in [-0.3, -0.25) is 14.5 Å². The van der Waals surface area contributed by atoms with E-state index in [1.54, 1.807) is 40.8 Å². The Labute approximate surface area is 157 Å². The summed E-state index contributed by atoms with van der Waals surface area (Å²) >= 11 is 1.66. The standard InChI is InChI=1S/C18H25FN2O4S/c1-24-10-3-8-20(13-17(23)25-2)12-16(22)21-9-11-26-18(21)14-4-6-15(19)7-5-14/h4-7,18H,3,8-13H2,1-2H3/t18-/m0/s1. The lowest BCUT2D eigenvalue weighted by Gasteiger charge is -2.28. The molecule has 0 bridgehead atoms. The number of rotatable bonds is 9. The van der Waals surface area contributed by atoms with Crippen molar-refractivity contribution in [2.45, 2.75) is 11.8 Å². The van der Waals surface area contributed by atoms with Gasteiger partial charge in [-0.1, -0.05) is 12.1 Å². The van der Waals surface area contributed by atoms with Gasteiger partial charge in [-0.15, -0.1) is 11.8 Å². The monoisotopic (exact) mass is 384 g/mol. The van der Waals surface area contributed by atoms with Crippen molar-refractivity contribution in [3.05, 3.63) is 35.6 Å². The Kier molecular flexibility index (Phi) is 8.34. The normalized spacial score (nSPS) is 16.9. The second kappa shape index (κ2) is 10.5. The summed E-state index contributed by atoms with van der Waals surface area (Å²) in [6.07, 6.45) is 0.719. The molecule has 1 fully saturated rings. The number of carbonyl (C=O) groups is 2. The van der Waals surface area contributed by atoms with Gasteiger partial charge in [-0.25, -0.2) is 4.39 Å². The van der Waals surface area contributed by atoms with Gasteiger partial charge in [0.05, 0.1) is 20.2 Å². The molecule has 1 aliphatic rings. The predicted molar refractivity (Wildman–Crippen MR) is 98.3 cm³/mol. The number of carbonyl (C=O) groups excluding carboxylic acids is 2. The maximum absolute atomic E-state index is 13.2. The Bertz CT molecular complexity index is 599. The molecular weight excluding hydrogens is 359 g/mol. The Morgan fingerprint density at radius 1 is 1.27 bits per heavy atom. The van der Waals surface area contributed by atoms with Gasteiger partial charge in [0.1, 0.15) is 11.2 Å². The Balaban J connectivity index is 2.01. The third kappa shape index (κ3) is 5.96. The molecule has 0 N–H and O–H groups in total. The molecule has 1 saturated heterocycles. The summed E-state index contributed by atoms with van der Waals surface area (Å²) in [6, 6.07) is 6.24. The Morgan fingerprint density at radius 2 is 2.00 bits per heavy atom. The van der Waals surface area contributed by atoms with E-state index in [2.05, 4.69) is 0 Å². The smallest absolute Gasteiger partial charge is 0.319 e. The highest BCUT2D eigenvalue weighted by molar-refractivity contribution is 7.99. The summed E-state index contributed by atoms with van der Waals surface area (Å²) in [5.74, 6) is 0.109. The van der Waals surface area contributed by atoms with Crippen LogP contribution in [0.25, 0.3) is 0 Å². The lowest BCUT2D eigenvalue weighted by molar-refractivity contribution is -0.143. The SMILES string of the molecule is COCCCN(CC(=O)OC)CC(=O)N1CCS[C@H]1c1ccc(F)cc1. The van der Waals surface area contributed by atoms with Crippen molar-refractivity contribution >= 4 is 23.6 Å². The van der Waals surface area contributed by atoms with E-state index in [0.29, 0.717) is 19.7 Å². The summed E-state index contributed by atoms with van der Waals surface area (Å²) in [5, 5.41) is -0.123. The molecule has 2 rings (SSSR count). The first-order valence-corrected chi connectivity index (χ1v) is 9.54. The molecule has 1 aromatic rings. The second-order valence-corrected chi connectivity index (χ2v) is 7.18. The molecule has 0 spiro atoms. The van der Waals surface area contributed by atoms with E-state index >= 15 is 0 Å². The van der Waals surface area contributed by atoms with Crippen molar-refractivity contribution < 1.29 is 23.5 Å². The van der Waals surface area contributed by atoms with Gasteiger partial charge in [0.25, 0.3) is 0 Å². The largest absolute Gasteiger partial charge is 0.468 e. The van der Waals surface area contributed by atoms with Gasteiger partial charge in [0.2, 0.25) is 5.91 Å². The number of benzene rings is 1. The molecule has 1 atom stereocenters. The zero-order valence-electron chi connectivity index (χ0n) is 15.2. The van der Waals surface area contributed by atoms with E-state index in [9.17, 15) is 14.0 Å². The fourth-order valence-electron chi connectivity index (χ4n) is 2.80. The van der Waals surface area contributed by atoms with Gasteiger partial charge in [0.15, 0.2) is 0 Å². The molecule has 26 heavy (non-hydrogen) atoms. The third-order valence-corrected chi connectivity index (χ3v) is 5.39. The van der Waals surface area contributed by atoms with Crippen molar-refractivity contribution in [1.82, 2.24) is 9.80 Å². The Morgan fingerprint density at radius 3 is 2.65 bits per heavy atom. The topological polar surface area (TPSA) is 59.1 Å². The number of halogens is 1. The summed E-state index contributed by atoms with van der Waals surface area (Å²) in [4.78, 5) is 28.0. The lowest BCUT2D eigenvalue weighted by Crippen LogP contribution is -2.42. The van der Waals surface area contributed by atoms with E-state index < -0.39 is 0 Å². The van der Waals surface area contributed by atoms with E-state index in [1.165, 1.54) is 19.2 Å². The molecule has 0 aliphatic carbocycles. The van der Waals surface area contributed by atoms with E-state index in [-0.39, 0.29) is 36.2 Å². The number of amides is 1. The number of ether oxygens (including phenoxy) is 2. The molecule has 0 radical (unpaired) electrons. The van der Waals surface area contributed by atoms with E-state index in [4.69, 9.17) is 9.47 Å². The average molecular weight is 384 g/mol. The van der Waals surface area contributed by atoms with Crippen LogP contribution in [0.4, 0.5) is 4.39 Å². The lowest BCUT2D eigenvalue weighted by atomic mass is 10.2. The van der Waals surface area contributed by atoms with Crippen LogP contribution in [0.5, 0.6) is 0 Å². The maximum atomic E-state index is 13.2. The second-order valence-electron chi connectivity index (χ2n) is 5.99.